The molecule has 1 aromatic carbocycles. The lowest BCUT2D eigenvalue weighted by atomic mass is 10.1. The zero-order valence-electron chi connectivity index (χ0n) is 14.4. The molecule has 24 heavy (non-hydrogen) atoms. The normalized spacial score (nSPS) is 20.3. The van der Waals surface area contributed by atoms with E-state index in [2.05, 4.69) is 34.7 Å². The van der Waals surface area contributed by atoms with E-state index in [-0.39, 0.29) is 36.1 Å². The molecule has 2 rings (SSSR count). The van der Waals surface area contributed by atoms with Crippen molar-refractivity contribution in [2.24, 2.45) is 4.99 Å². The number of hydrogen-bond acceptors (Lipinski definition) is 3. The first-order chi connectivity index (χ1) is 10.9. The molecule has 2 N–H and O–H groups in total. The third-order valence-corrected chi connectivity index (χ3v) is 5.46. The van der Waals surface area contributed by atoms with Crippen LogP contribution in [-0.2, 0) is 10.0 Å². The number of sulfonamides is 1. The van der Waals surface area contributed by atoms with Crippen molar-refractivity contribution in [1.82, 2.24) is 14.9 Å². The number of nitrogens with zero attached hydrogens (tertiary/aromatic N) is 2. The molecular formula is C16H27IN4O2S. The Morgan fingerprint density at radius 1 is 1.38 bits per heavy atom. The molecule has 1 fully saturated rings. The minimum atomic E-state index is -3.14. The summed E-state index contributed by atoms with van der Waals surface area (Å²) in [5.74, 6) is 0.682. The van der Waals surface area contributed by atoms with Crippen LogP contribution in [0.3, 0.4) is 0 Å². The van der Waals surface area contributed by atoms with Crippen LogP contribution in [-0.4, -0.2) is 51.1 Å². The van der Waals surface area contributed by atoms with E-state index in [1.54, 1.807) is 11.4 Å². The molecule has 1 aromatic rings. The van der Waals surface area contributed by atoms with Gasteiger partial charge in [0.1, 0.15) is 0 Å². The lowest BCUT2D eigenvalue weighted by Gasteiger charge is -2.24. The molecule has 1 aliphatic heterocycles. The lowest BCUT2D eigenvalue weighted by molar-refractivity contribution is 0.387. The Bertz CT molecular complexity index is 637. The van der Waals surface area contributed by atoms with E-state index in [9.17, 15) is 8.42 Å². The number of guanidine groups is 1. The second-order valence-corrected chi connectivity index (χ2v) is 7.83. The maximum absolute atomic E-state index is 11.8. The highest BCUT2D eigenvalue weighted by molar-refractivity contribution is 14.0. The molecule has 2 atom stereocenters. The Labute approximate surface area is 162 Å². The SMILES string of the molecule is CN=C(NC[C@H]1CCCN1S(C)(=O)=O)NC(C)c1ccccc1.I. The van der Waals surface area contributed by atoms with E-state index >= 15 is 0 Å². The molecule has 1 unspecified atom stereocenters. The maximum atomic E-state index is 11.8. The van der Waals surface area contributed by atoms with E-state index in [0.29, 0.717) is 19.0 Å². The highest BCUT2D eigenvalue weighted by Gasteiger charge is 2.31. The van der Waals surface area contributed by atoms with Crippen LogP contribution in [0.1, 0.15) is 31.4 Å². The molecule has 6 nitrogen and oxygen atoms in total. The van der Waals surface area contributed by atoms with Crippen molar-refractivity contribution >= 4 is 40.0 Å². The summed E-state index contributed by atoms with van der Waals surface area (Å²) >= 11 is 0. The molecule has 1 aliphatic rings. The van der Waals surface area contributed by atoms with Gasteiger partial charge in [-0.3, -0.25) is 4.99 Å². The van der Waals surface area contributed by atoms with Gasteiger partial charge in [-0.2, -0.15) is 4.31 Å². The molecule has 0 bridgehead atoms. The Kier molecular flexibility index (Phi) is 8.44. The van der Waals surface area contributed by atoms with Crippen LogP contribution < -0.4 is 10.6 Å². The second-order valence-electron chi connectivity index (χ2n) is 5.90. The predicted molar refractivity (Wildman–Crippen MR) is 109 cm³/mol. The standard InChI is InChI=1S/C16H26N4O2S.HI/c1-13(14-8-5-4-6-9-14)19-16(17-2)18-12-15-10-7-11-20(15)23(3,21)22;/h4-6,8-9,13,15H,7,10-12H2,1-3H3,(H2,17,18,19);1H/t13?,15-;/m1./s1. The molecule has 0 amide bonds. The highest BCUT2D eigenvalue weighted by Crippen LogP contribution is 2.19. The summed E-state index contributed by atoms with van der Waals surface area (Å²) < 4.78 is 25.1. The van der Waals surface area contributed by atoms with Gasteiger partial charge in [0.15, 0.2) is 5.96 Å². The van der Waals surface area contributed by atoms with Gasteiger partial charge in [0.25, 0.3) is 0 Å². The fourth-order valence-corrected chi connectivity index (χ4v) is 4.07. The quantitative estimate of drug-likeness (QED) is 0.396. The van der Waals surface area contributed by atoms with Crippen molar-refractivity contribution in [3.63, 3.8) is 0 Å². The lowest BCUT2D eigenvalue weighted by Crippen LogP contribution is -2.46. The van der Waals surface area contributed by atoms with Crippen LogP contribution in [0, 0.1) is 0 Å². The summed E-state index contributed by atoms with van der Waals surface area (Å²) in [4.78, 5) is 4.23. The third-order valence-electron chi connectivity index (χ3n) is 4.13. The molecule has 0 aromatic heterocycles. The number of rotatable bonds is 5. The van der Waals surface area contributed by atoms with Gasteiger partial charge in [-0.05, 0) is 25.3 Å². The summed E-state index contributed by atoms with van der Waals surface area (Å²) in [5.41, 5.74) is 1.18. The molecule has 1 heterocycles. The summed E-state index contributed by atoms with van der Waals surface area (Å²) in [6, 6.07) is 10.2. The van der Waals surface area contributed by atoms with Crippen molar-refractivity contribution in [3.8, 4) is 0 Å². The maximum Gasteiger partial charge on any atom is 0.211 e. The van der Waals surface area contributed by atoms with Crippen molar-refractivity contribution in [2.45, 2.75) is 31.8 Å². The zero-order valence-corrected chi connectivity index (χ0v) is 17.5. The van der Waals surface area contributed by atoms with Gasteiger partial charge in [0.05, 0.1) is 12.3 Å². The average Bonchev–Trinajstić information content (AvgIpc) is 3.01. The van der Waals surface area contributed by atoms with Crippen LogP contribution in [0.2, 0.25) is 0 Å². The van der Waals surface area contributed by atoms with Gasteiger partial charge < -0.3 is 10.6 Å². The molecule has 0 spiro atoms. The van der Waals surface area contributed by atoms with E-state index in [1.807, 2.05) is 18.2 Å². The number of aliphatic imine (C=N–C) groups is 1. The van der Waals surface area contributed by atoms with Crippen LogP contribution >= 0.6 is 24.0 Å². The van der Waals surface area contributed by atoms with Crippen molar-refractivity contribution in [1.29, 1.82) is 0 Å². The summed E-state index contributed by atoms with van der Waals surface area (Å²) in [5, 5.41) is 6.58. The number of nitrogens with one attached hydrogen (secondary N) is 2. The first kappa shape index (κ1) is 21.2. The van der Waals surface area contributed by atoms with E-state index in [0.717, 1.165) is 12.8 Å². The molecule has 0 radical (unpaired) electrons. The molecule has 136 valence electrons. The summed E-state index contributed by atoms with van der Waals surface area (Å²) in [6.45, 7) is 3.24. The van der Waals surface area contributed by atoms with E-state index < -0.39 is 10.0 Å². The zero-order chi connectivity index (χ0) is 16.9. The number of benzene rings is 1. The van der Waals surface area contributed by atoms with Crippen LogP contribution in [0.25, 0.3) is 0 Å². The smallest absolute Gasteiger partial charge is 0.211 e. The average molecular weight is 466 g/mol. The Hall–Kier alpha value is -0.870. The summed E-state index contributed by atoms with van der Waals surface area (Å²) in [6.07, 6.45) is 3.06. The first-order valence-corrected chi connectivity index (χ1v) is 9.75. The number of hydrogen-bond donors (Lipinski definition) is 2. The largest absolute Gasteiger partial charge is 0.355 e. The van der Waals surface area contributed by atoms with Gasteiger partial charge in [0.2, 0.25) is 10.0 Å². The summed E-state index contributed by atoms with van der Waals surface area (Å²) in [7, 11) is -1.42. The highest BCUT2D eigenvalue weighted by atomic mass is 127. The molecule has 1 saturated heterocycles. The van der Waals surface area contributed by atoms with E-state index in [4.69, 9.17) is 0 Å². The third kappa shape index (κ3) is 5.89. The molecular weight excluding hydrogens is 439 g/mol. The second kappa shape index (κ2) is 9.57. The fraction of sp³-hybridized carbons (Fsp3) is 0.562. The minimum Gasteiger partial charge on any atom is -0.355 e. The van der Waals surface area contributed by atoms with Crippen molar-refractivity contribution in [3.05, 3.63) is 35.9 Å². The number of halogens is 1. The molecule has 0 aliphatic carbocycles. The monoisotopic (exact) mass is 466 g/mol. The Morgan fingerprint density at radius 2 is 2.04 bits per heavy atom. The first-order valence-electron chi connectivity index (χ1n) is 7.90. The molecule has 8 heteroatoms. The van der Waals surface area contributed by atoms with Crippen molar-refractivity contribution in [2.75, 3.05) is 26.4 Å². The van der Waals surface area contributed by atoms with Gasteiger partial charge >= 0.3 is 0 Å². The topological polar surface area (TPSA) is 73.8 Å². The van der Waals surface area contributed by atoms with Gasteiger partial charge in [-0.15, -0.1) is 24.0 Å². The van der Waals surface area contributed by atoms with Gasteiger partial charge in [0, 0.05) is 26.2 Å². The van der Waals surface area contributed by atoms with Gasteiger partial charge in [-0.1, -0.05) is 30.3 Å². The predicted octanol–water partition coefficient (Wildman–Crippen LogP) is 1.95. The van der Waals surface area contributed by atoms with Crippen LogP contribution in [0.15, 0.2) is 35.3 Å². The minimum absolute atomic E-state index is 0. The van der Waals surface area contributed by atoms with E-state index in [1.165, 1.54) is 11.8 Å². The van der Waals surface area contributed by atoms with Crippen LogP contribution in [0.5, 0.6) is 0 Å². The van der Waals surface area contributed by atoms with Crippen LogP contribution in [0.4, 0.5) is 0 Å². The fourth-order valence-electron chi connectivity index (χ4n) is 2.89. The molecule has 0 saturated carbocycles. The Morgan fingerprint density at radius 3 is 2.62 bits per heavy atom. The Balaban J connectivity index is 0.00000288. The van der Waals surface area contributed by atoms with Gasteiger partial charge in [-0.25, -0.2) is 8.42 Å². The van der Waals surface area contributed by atoms with Crippen molar-refractivity contribution < 1.29 is 8.42 Å².